The summed E-state index contributed by atoms with van der Waals surface area (Å²) in [7, 11) is 2.21. The summed E-state index contributed by atoms with van der Waals surface area (Å²) in [4.78, 5) is 2.43. The van der Waals surface area contributed by atoms with Crippen molar-refractivity contribution in [2.75, 3.05) is 33.4 Å². The van der Waals surface area contributed by atoms with Gasteiger partial charge in [-0.05, 0) is 33.2 Å². The van der Waals surface area contributed by atoms with E-state index in [1.807, 2.05) is 0 Å². The smallest absolute Gasteiger partial charge is 0.168 e. The SMILES string of the molecule is CCC(C)N(C)CCNC1CCC2(CC1)OCCO2. The van der Waals surface area contributed by atoms with E-state index in [-0.39, 0.29) is 5.79 Å². The van der Waals surface area contributed by atoms with Crippen molar-refractivity contribution in [3.05, 3.63) is 0 Å². The van der Waals surface area contributed by atoms with E-state index in [0.29, 0.717) is 12.1 Å². The van der Waals surface area contributed by atoms with Crippen LogP contribution in [0.2, 0.25) is 0 Å². The van der Waals surface area contributed by atoms with E-state index in [0.717, 1.165) is 39.1 Å². The third-order valence-corrected chi connectivity index (χ3v) is 4.80. The summed E-state index contributed by atoms with van der Waals surface area (Å²) in [5.41, 5.74) is 0. The lowest BCUT2D eigenvalue weighted by Crippen LogP contribution is -2.44. The van der Waals surface area contributed by atoms with Crippen molar-refractivity contribution in [3.8, 4) is 0 Å². The Balaban J connectivity index is 1.61. The molecule has 1 atom stereocenters. The van der Waals surface area contributed by atoms with Crippen molar-refractivity contribution < 1.29 is 9.47 Å². The van der Waals surface area contributed by atoms with E-state index in [1.54, 1.807) is 0 Å². The van der Waals surface area contributed by atoms with Crippen molar-refractivity contribution in [2.24, 2.45) is 0 Å². The second-order valence-electron chi connectivity index (χ2n) is 6.07. The summed E-state index contributed by atoms with van der Waals surface area (Å²) >= 11 is 0. The van der Waals surface area contributed by atoms with Gasteiger partial charge in [-0.25, -0.2) is 0 Å². The van der Waals surface area contributed by atoms with E-state index < -0.39 is 0 Å². The maximum Gasteiger partial charge on any atom is 0.168 e. The number of rotatable bonds is 6. The molecule has 1 unspecified atom stereocenters. The molecule has 1 saturated carbocycles. The monoisotopic (exact) mass is 270 g/mol. The van der Waals surface area contributed by atoms with Crippen LogP contribution in [0.3, 0.4) is 0 Å². The fourth-order valence-corrected chi connectivity index (χ4v) is 3.02. The minimum Gasteiger partial charge on any atom is -0.348 e. The molecule has 1 spiro atoms. The third-order valence-electron chi connectivity index (χ3n) is 4.80. The number of likely N-dealkylation sites (N-methyl/N-ethyl adjacent to an activating group) is 1. The largest absolute Gasteiger partial charge is 0.348 e. The van der Waals surface area contributed by atoms with Crippen molar-refractivity contribution >= 4 is 0 Å². The molecule has 1 aliphatic heterocycles. The number of nitrogens with one attached hydrogen (secondary N) is 1. The lowest BCUT2D eigenvalue weighted by molar-refractivity contribution is -0.179. The Labute approximate surface area is 117 Å². The molecule has 1 aliphatic carbocycles. The van der Waals surface area contributed by atoms with Crippen LogP contribution in [0.5, 0.6) is 0 Å². The molecule has 112 valence electrons. The topological polar surface area (TPSA) is 33.7 Å². The highest BCUT2D eigenvalue weighted by atomic mass is 16.7. The van der Waals surface area contributed by atoms with Gasteiger partial charge >= 0.3 is 0 Å². The minimum absolute atomic E-state index is 0.217. The van der Waals surface area contributed by atoms with Crippen LogP contribution >= 0.6 is 0 Å². The summed E-state index contributed by atoms with van der Waals surface area (Å²) in [6, 6.07) is 1.32. The Morgan fingerprint density at radius 1 is 1.26 bits per heavy atom. The fraction of sp³-hybridized carbons (Fsp3) is 1.00. The first-order valence-electron chi connectivity index (χ1n) is 7.87. The summed E-state index contributed by atoms with van der Waals surface area (Å²) in [6.07, 6.45) is 5.66. The predicted octanol–water partition coefficient (Wildman–Crippen LogP) is 1.99. The second kappa shape index (κ2) is 7.02. The molecule has 0 aromatic rings. The Morgan fingerprint density at radius 3 is 2.47 bits per heavy atom. The third kappa shape index (κ3) is 4.15. The second-order valence-corrected chi connectivity index (χ2v) is 6.07. The quantitative estimate of drug-likeness (QED) is 0.800. The summed E-state index contributed by atoms with van der Waals surface area (Å²) in [6.45, 7) is 8.30. The van der Waals surface area contributed by atoms with Gasteiger partial charge in [-0.15, -0.1) is 0 Å². The molecule has 2 fully saturated rings. The van der Waals surface area contributed by atoms with Crippen LogP contribution in [0, 0.1) is 0 Å². The first-order valence-corrected chi connectivity index (χ1v) is 7.87. The Kier molecular flexibility index (Phi) is 5.63. The van der Waals surface area contributed by atoms with Crippen LogP contribution in [0.4, 0.5) is 0 Å². The number of hydrogen-bond donors (Lipinski definition) is 1. The van der Waals surface area contributed by atoms with Crippen molar-refractivity contribution in [2.45, 2.75) is 63.8 Å². The van der Waals surface area contributed by atoms with E-state index in [9.17, 15) is 0 Å². The zero-order valence-electron chi connectivity index (χ0n) is 12.8. The average Bonchev–Trinajstić information content (AvgIpc) is 2.88. The minimum atomic E-state index is -0.217. The molecule has 0 radical (unpaired) electrons. The van der Waals surface area contributed by atoms with Crippen molar-refractivity contribution in [1.29, 1.82) is 0 Å². The first kappa shape index (κ1) is 15.2. The van der Waals surface area contributed by atoms with Gasteiger partial charge < -0.3 is 19.7 Å². The fourth-order valence-electron chi connectivity index (χ4n) is 3.02. The highest BCUT2D eigenvalue weighted by molar-refractivity contribution is 4.85. The van der Waals surface area contributed by atoms with Crippen molar-refractivity contribution in [1.82, 2.24) is 10.2 Å². The highest BCUT2D eigenvalue weighted by Gasteiger charge is 2.40. The lowest BCUT2D eigenvalue weighted by atomic mass is 9.90. The van der Waals surface area contributed by atoms with Gasteiger partial charge in [0.2, 0.25) is 0 Å². The van der Waals surface area contributed by atoms with Crippen LogP contribution in [0.25, 0.3) is 0 Å². The van der Waals surface area contributed by atoms with Crippen LogP contribution < -0.4 is 5.32 Å². The molecule has 2 rings (SSSR count). The maximum absolute atomic E-state index is 5.76. The number of ether oxygens (including phenoxy) is 2. The number of nitrogens with zero attached hydrogens (tertiary/aromatic N) is 1. The van der Waals surface area contributed by atoms with Gasteiger partial charge in [0, 0.05) is 38.0 Å². The van der Waals surface area contributed by atoms with E-state index in [4.69, 9.17) is 9.47 Å². The molecule has 19 heavy (non-hydrogen) atoms. The standard InChI is InChI=1S/C15H30N2O2/c1-4-13(2)17(3)10-9-16-14-5-7-15(8-6-14)18-11-12-19-15/h13-14,16H,4-12H2,1-3H3. The zero-order chi connectivity index (χ0) is 13.7. The van der Waals surface area contributed by atoms with Crippen LogP contribution in [-0.4, -0.2) is 56.1 Å². The molecule has 2 aliphatic rings. The molecular weight excluding hydrogens is 240 g/mol. The van der Waals surface area contributed by atoms with Gasteiger partial charge in [0.15, 0.2) is 5.79 Å². The van der Waals surface area contributed by atoms with Gasteiger partial charge in [0.25, 0.3) is 0 Å². The van der Waals surface area contributed by atoms with Crippen LogP contribution in [-0.2, 0) is 9.47 Å². The summed E-state index contributed by atoms with van der Waals surface area (Å²) in [5.74, 6) is -0.217. The maximum atomic E-state index is 5.76. The van der Waals surface area contributed by atoms with Crippen LogP contribution in [0.15, 0.2) is 0 Å². The highest BCUT2D eigenvalue weighted by Crippen LogP contribution is 2.35. The Morgan fingerprint density at radius 2 is 1.89 bits per heavy atom. The van der Waals surface area contributed by atoms with Crippen LogP contribution in [0.1, 0.15) is 46.0 Å². The van der Waals surface area contributed by atoms with E-state index >= 15 is 0 Å². The van der Waals surface area contributed by atoms with Gasteiger partial charge in [-0.3, -0.25) is 0 Å². The molecule has 1 N–H and O–H groups in total. The van der Waals surface area contributed by atoms with E-state index in [1.165, 1.54) is 19.3 Å². The Hall–Kier alpha value is -0.160. The first-order chi connectivity index (χ1) is 9.15. The molecule has 0 amide bonds. The molecular formula is C15H30N2O2. The van der Waals surface area contributed by atoms with Gasteiger partial charge in [0.1, 0.15) is 0 Å². The van der Waals surface area contributed by atoms with Gasteiger partial charge in [-0.1, -0.05) is 6.92 Å². The normalized spacial score (nSPS) is 25.3. The number of hydrogen-bond acceptors (Lipinski definition) is 4. The summed E-state index contributed by atoms with van der Waals surface area (Å²) < 4.78 is 11.5. The van der Waals surface area contributed by atoms with E-state index in [2.05, 4.69) is 31.1 Å². The Bertz CT molecular complexity index is 257. The molecule has 0 aromatic heterocycles. The zero-order valence-corrected chi connectivity index (χ0v) is 12.8. The predicted molar refractivity (Wildman–Crippen MR) is 77.3 cm³/mol. The molecule has 1 heterocycles. The molecule has 4 heteroatoms. The lowest BCUT2D eigenvalue weighted by Gasteiger charge is -2.36. The van der Waals surface area contributed by atoms with Gasteiger partial charge in [0.05, 0.1) is 13.2 Å². The molecule has 4 nitrogen and oxygen atoms in total. The average molecular weight is 270 g/mol. The molecule has 0 bridgehead atoms. The van der Waals surface area contributed by atoms with Gasteiger partial charge in [-0.2, -0.15) is 0 Å². The van der Waals surface area contributed by atoms with Crippen molar-refractivity contribution in [3.63, 3.8) is 0 Å². The molecule has 0 aromatic carbocycles. The molecule has 1 saturated heterocycles. The summed E-state index contributed by atoms with van der Waals surface area (Å²) in [5, 5.41) is 3.69.